The summed E-state index contributed by atoms with van der Waals surface area (Å²) in [4.78, 5) is 0. The molecule has 1 aliphatic heterocycles. The van der Waals surface area contributed by atoms with Gasteiger partial charge in [0.25, 0.3) is 0 Å². The first-order valence-corrected chi connectivity index (χ1v) is 3.83. The molecule has 0 unspecified atom stereocenters. The first-order valence-electron chi connectivity index (χ1n) is 3.83. The third kappa shape index (κ3) is 4.57. The monoisotopic (exact) mass is 142 g/mol. The molecule has 0 aliphatic carbocycles. The van der Waals surface area contributed by atoms with Crippen molar-refractivity contribution in [1.82, 2.24) is 0 Å². The van der Waals surface area contributed by atoms with Gasteiger partial charge in [-0.15, -0.1) is 6.58 Å². The van der Waals surface area contributed by atoms with Crippen molar-refractivity contribution in [3.63, 3.8) is 0 Å². The minimum atomic E-state index is 0.194. The molecule has 60 valence electrons. The Morgan fingerprint density at radius 3 is 2.10 bits per heavy atom. The summed E-state index contributed by atoms with van der Waals surface area (Å²) in [5.41, 5.74) is 0.194. The van der Waals surface area contributed by atoms with E-state index < -0.39 is 0 Å². The van der Waals surface area contributed by atoms with Crippen LogP contribution in [0.15, 0.2) is 12.7 Å². The zero-order valence-electron chi connectivity index (χ0n) is 7.31. The van der Waals surface area contributed by atoms with Gasteiger partial charge in [-0.25, -0.2) is 0 Å². The number of allylic oxidation sites excluding steroid dienone is 1. The number of hydrogen-bond donors (Lipinski definition) is 0. The van der Waals surface area contributed by atoms with Gasteiger partial charge < -0.3 is 4.74 Å². The van der Waals surface area contributed by atoms with E-state index in [0.717, 1.165) is 6.61 Å². The van der Waals surface area contributed by atoms with Crippen LogP contribution in [0.3, 0.4) is 0 Å². The smallest absolute Gasteiger partial charge is 0.0627 e. The van der Waals surface area contributed by atoms with Crippen molar-refractivity contribution < 1.29 is 4.74 Å². The summed E-state index contributed by atoms with van der Waals surface area (Å²) in [7, 11) is 0. The molecular weight excluding hydrogens is 124 g/mol. The van der Waals surface area contributed by atoms with Crippen molar-refractivity contribution >= 4 is 0 Å². The van der Waals surface area contributed by atoms with E-state index in [1.807, 2.05) is 6.92 Å². The topological polar surface area (TPSA) is 9.23 Å². The van der Waals surface area contributed by atoms with Crippen LogP contribution in [0.4, 0.5) is 0 Å². The first kappa shape index (κ1) is 9.70. The lowest BCUT2D eigenvalue weighted by Crippen LogP contribution is -2.15. The predicted octanol–water partition coefficient (Wildman–Crippen LogP) is 2.77. The van der Waals surface area contributed by atoms with E-state index in [0.29, 0.717) is 0 Å². The third-order valence-electron chi connectivity index (χ3n) is 1.42. The molecule has 0 aromatic heterocycles. The highest BCUT2D eigenvalue weighted by Gasteiger charge is 2.22. The predicted molar refractivity (Wildman–Crippen MR) is 45.1 cm³/mol. The summed E-state index contributed by atoms with van der Waals surface area (Å²) < 4.78 is 5.34. The van der Waals surface area contributed by atoms with Gasteiger partial charge in [0.2, 0.25) is 0 Å². The van der Waals surface area contributed by atoms with Crippen LogP contribution in [-0.2, 0) is 4.74 Å². The zero-order chi connectivity index (χ0) is 8.04. The maximum absolute atomic E-state index is 5.34. The van der Waals surface area contributed by atoms with Crippen LogP contribution in [0.5, 0.6) is 0 Å². The molecule has 1 saturated heterocycles. The van der Waals surface area contributed by atoms with Gasteiger partial charge in [-0.3, -0.25) is 0 Å². The SMILES string of the molecule is C=CC.CC1(C)CCCO1. The molecule has 1 heterocycles. The summed E-state index contributed by atoms with van der Waals surface area (Å²) in [5, 5.41) is 0. The quantitative estimate of drug-likeness (QED) is 0.472. The van der Waals surface area contributed by atoms with Gasteiger partial charge in [-0.05, 0) is 33.6 Å². The number of ether oxygens (including phenoxy) is 1. The Bertz CT molecular complexity index is 86.9. The second-order valence-corrected chi connectivity index (χ2v) is 3.12. The van der Waals surface area contributed by atoms with Gasteiger partial charge in [-0.1, -0.05) is 6.08 Å². The van der Waals surface area contributed by atoms with E-state index in [-0.39, 0.29) is 5.60 Å². The molecule has 0 aromatic rings. The molecule has 0 atom stereocenters. The zero-order valence-corrected chi connectivity index (χ0v) is 7.31. The highest BCUT2D eigenvalue weighted by Crippen LogP contribution is 2.22. The van der Waals surface area contributed by atoms with Gasteiger partial charge in [0.1, 0.15) is 0 Å². The summed E-state index contributed by atoms with van der Waals surface area (Å²) in [6.07, 6.45) is 4.22. The van der Waals surface area contributed by atoms with Crippen LogP contribution in [0.25, 0.3) is 0 Å². The second kappa shape index (κ2) is 4.51. The third-order valence-corrected chi connectivity index (χ3v) is 1.42. The van der Waals surface area contributed by atoms with E-state index in [9.17, 15) is 0 Å². The molecule has 1 nitrogen and oxygen atoms in total. The van der Waals surface area contributed by atoms with Crippen molar-refractivity contribution in [3.05, 3.63) is 12.7 Å². The molecule has 0 N–H and O–H groups in total. The minimum absolute atomic E-state index is 0.194. The molecule has 0 spiro atoms. The summed E-state index contributed by atoms with van der Waals surface area (Å²) in [5.74, 6) is 0. The van der Waals surface area contributed by atoms with Gasteiger partial charge in [-0.2, -0.15) is 0 Å². The van der Waals surface area contributed by atoms with Crippen molar-refractivity contribution in [1.29, 1.82) is 0 Å². The Morgan fingerprint density at radius 1 is 1.50 bits per heavy atom. The molecule has 0 radical (unpaired) electrons. The van der Waals surface area contributed by atoms with Crippen molar-refractivity contribution in [2.75, 3.05) is 6.61 Å². The van der Waals surface area contributed by atoms with Crippen LogP contribution in [0, 0.1) is 0 Å². The minimum Gasteiger partial charge on any atom is -0.376 e. The Morgan fingerprint density at radius 2 is 2.00 bits per heavy atom. The standard InChI is InChI=1S/C6H12O.C3H6/c1-6(2)4-3-5-7-6;1-3-2/h3-5H2,1-2H3;3H,1H2,2H3. The second-order valence-electron chi connectivity index (χ2n) is 3.12. The van der Waals surface area contributed by atoms with Crippen LogP contribution < -0.4 is 0 Å². The van der Waals surface area contributed by atoms with Crippen LogP contribution in [0.1, 0.15) is 33.6 Å². The van der Waals surface area contributed by atoms with Crippen molar-refractivity contribution in [3.8, 4) is 0 Å². The van der Waals surface area contributed by atoms with Gasteiger partial charge in [0.15, 0.2) is 0 Å². The maximum atomic E-state index is 5.34. The average molecular weight is 142 g/mol. The average Bonchev–Trinajstić information content (AvgIpc) is 2.16. The lowest BCUT2D eigenvalue weighted by Gasteiger charge is -2.14. The summed E-state index contributed by atoms with van der Waals surface area (Å²) in [6, 6.07) is 0. The molecule has 1 heteroatoms. The normalized spacial score (nSPS) is 21.1. The van der Waals surface area contributed by atoms with Crippen LogP contribution in [0.2, 0.25) is 0 Å². The van der Waals surface area contributed by atoms with Gasteiger partial charge in [0, 0.05) is 6.61 Å². The van der Waals surface area contributed by atoms with Crippen LogP contribution >= 0.6 is 0 Å². The Hall–Kier alpha value is -0.300. The van der Waals surface area contributed by atoms with Crippen molar-refractivity contribution in [2.45, 2.75) is 39.2 Å². The molecule has 1 aliphatic rings. The van der Waals surface area contributed by atoms with E-state index in [4.69, 9.17) is 4.74 Å². The number of hydrogen-bond acceptors (Lipinski definition) is 1. The summed E-state index contributed by atoms with van der Waals surface area (Å²) >= 11 is 0. The summed E-state index contributed by atoms with van der Waals surface area (Å²) in [6.45, 7) is 10.5. The lowest BCUT2D eigenvalue weighted by atomic mass is 10.1. The van der Waals surface area contributed by atoms with E-state index >= 15 is 0 Å². The fraction of sp³-hybridized carbons (Fsp3) is 0.778. The van der Waals surface area contributed by atoms with E-state index in [1.165, 1.54) is 12.8 Å². The molecular formula is C9H18O. The largest absolute Gasteiger partial charge is 0.376 e. The van der Waals surface area contributed by atoms with Crippen molar-refractivity contribution in [2.24, 2.45) is 0 Å². The Labute approximate surface area is 64.1 Å². The fourth-order valence-corrected chi connectivity index (χ4v) is 0.919. The lowest BCUT2D eigenvalue weighted by molar-refractivity contribution is 0.0367. The molecule has 10 heavy (non-hydrogen) atoms. The molecule has 1 fully saturated rings. The molecule has 0 bridgehead atoms. The Balaban J connectivity index is 0.000000236. The van der Waals surface area contributed by atoms with Gasteiger partial charge in [0.05, 0.1) is 5.60 Å². The molecule has 0 amide bonds. The molecule has 0 aromatic carbocycles. The van der Waals surface area contributed by atoms with Crippen LogP contribution in [-0.4, -0.2) is 12.2 Å². The number of rotatable bonds is 0. The van der Waals surface area contributed by atoms with E-state index in [1.54, 1.807) is 6.08 Å². The van der Waals surface area contributed by atoms with E-state index in [2.05, 4.69) is 20.4 Å². The fourth-order valence-electron chi connectivity index (χ4n) is 0.919. The Kier molecular flexibility index (Phi) is 4.37. The molecule has 0 saturated carbocycles. The first-order chi connectivity index (χ1) is 4.62. The molecule has 1 rings (SSSR count). The highest BCUT2D eigenvalue weighted by molar-refractivity contribution is 4.72. The van der Waals surface area contributed by atoms with Gasteiger partial charge >= 0.3 is 0 Å². The highest BCUT2D eigenvalue weighted by atomic mass is 16.5. The maximum Gasteiger partial charge on any atom is 0.0627 e.